The minimum absolute atomic E-state index is 0.268. The molecule has 1 amide bonds. The second-order valence-corrected chi connectivity index (χ2v) is 9.72. The zero-order valence-electron chi connectivity index (χ0n) is 16.2. The number of halogens is 3. The summed E-state index contributed by atoms with van der Waals surface area (Å²) in [6, 6.07) is 17.0. The lowest BCUT2D eigenvalue weighted by molar-refractivity contribution is -0.111. The van der Waals surface area contributed by atoms with Crippen LogP contribution in [0, 0.1) is 0 Å². The van der Waals surface area contributed by atoms with E-state index in [1.54, 1.807) is 36.7 Å². The van der Waals surface area contributed by atoms with E-state index in [4.69, 9.17) is 16.3 Å². The number of methoxy groups -OCH3 is 1. The Kier molecular flexibility index (Phi) is 6.77. The average molecular weight is 579 g/mol. The largest absolute Gasteiger partial charge is 0.495 e. The molecule has 1 heterocycles. The highest BCUT2D eigenvalue weighted by Crippen LogP contribution is 2.36. The molecule has 4 rings (SSSR count). The van der Waals surface area contributed by atoms with Gasteiger partial charge in [0.25, 0.3) is 0 Å². The number of rotatable bonds is 5. The second-order valence-electron chi connectivity index (χ2n) is 6.51. The predicted octanol–water partition coefficient (Wildman–Crippen LogP) is 7.80. The van der Waals surface area contributed by atoms with Crippen LogP contribution in [0.1, 0.15) is 5.56 Å². The number of fused-ring (bicyclic) bond motifs is 1. The van der Waals surface area contributed by atoms with Gasteiger partial charge in [-0.15, -0.1) is 11.3 Å². The van der Waals surface area contributed by atoms with Crippen LogP contribution >= 0.6 is 54.8 Å². The Bertz CT molecular complexity index is 1290. The summed E-state index contributed by atoms with van der Waals surface area (Å²) in [5.41, 5.74) is 3.10. The number of carbonyl (C=O) groups excluding carboxylic acids is 1. The third-order valence-electron chi connectivity index (χ3n) is 4.41. The van der Waals surface area contributed by atoms with Crippen LogP contribution in [-0.4, -0.2) is 18.0 Å². The molecule has 0 aliphatic heterocycles. The van der Waals surface area contributed by atoms with Gasteiger partial charge in [0, 0.05) is 27.4 Å². The van der Waals surface area contributed by atoms with Gasteiger partial charge in [-0.1, -0.05) is 39.7 Å². The van der Waals surface area contributed by atoms with Crippen LogP contribution in [0.4, 0.5) is 5.69 Å². The quantitative estimate of drug-likeness (QED) is 0.246. The minimum atomic E-state index is -0.268. The van der Waals surface area contributed by atoms with E-state index in [2.05, 4.69) is 42.2 Å². The summed E-state index contributed by atoms with van der Waals surface area (Å²) in [5, 5.41) is 4.27. The van der Waals surface area contributed by atoms with Crippen LogP contribution in [0.2, 0.25) is 5.02 Å². The zero-order chi connectivity index (χ0) is 22.0. The maximum atomic E-state index is 12.5. The van der Waals surface area contributed by atoms with Crippen molar-refractivity contribution in [3.8, 4) is 16.3 Å². The third kappa shape index (κ3) is 5.01. The fourth-order valence-corrected chi connectivity index (χ4v) is 5.70. The van der Waals surface area contributed by atoms with Crippen molar-refractivity contribution in [3.63, 3.8) is 0 Å². The van der Waals surface area contributed by atoms with Gasteiger partial charge >= 0.3 is 0 Å². The number of nitrogens with one attached hydrogen (secondary N) is 1. The molecule has 0 bridgehead atoms. The van der Waals surface area contributed by atoms with E-state index in [-0.39, 0.29) is 5.91 Å². The van der Waals surface area contributed by atoms with E-state index in [0.717, 1.165) is 35.3 Å². The first-order valence-corrected chi connectivity index (χ1v) is 11.9. The Morgan fingerprint density at radius 3 is 2.74 bits per heavy atom. The highest BCUT2D eigenvalue weighted by Gasteiger charge is 2.12. The zero-order valence-corrected chi connectivity index (χ0v) is 20.9. The molecule has 0 atom stereocenters. The summed E-state index contributed by atoms with van der Waals surface area (Å²) in [4.78, 5) is 17.2. The number of carbonyl (C=O) groups is 1. The number of nitrogens with zero attached hydrogens (tertiary/aromatic N) is 1. The van der Waals surface area contributed by atoms with E-state index in [1.165, 1.54) is 6.08 Å². The Hall–Kier alpha value is -2.19. The number of benzene rings is 3. The summed E-state index contributed by atoms with van der Waals surface area (Å²) < 4.78 is 8.16. The van der Waals surface area contributed by atoms with Gasteiger partial charge in [0.2, 0.25) is 5.91 Å². The van der Waals surface area contributed by atoms with Gasteiger partial charge in [0.05, 0.1) is 26.8 Å². The van der Waals surface area contributed by atoms with Crippen molar-refractivity contribution >= 4 is 82.7 Å². The second kappa shape index (κ2) is 9.53. The molecule has 31 heavy (non-hydrogen) atoms. The third-order valence-corrected chi connectivity index (χ3v) is 6.86. The molecular formula is C23H15Br2ClN2O2S. The molecule has 0 fully saturated rings. The number of anilines is 1. The molecule has 1 N–H and O–H groups in total. The molecule has 1 aromatic heterocycles. The van der Waals surface area contributed by atoms with Crippen LogP contribution < -0.4 is 10.1 Å². The lowest BCUT2D eigenvalue weighted by Crippen LogP contribution is -2.07. The molecule has 156 valence electrons. The van der Waals surface area contributed by atoms with Crippen molar-refractivity contribution in [2.45, 2.75) is 0 Å². The van der Waals surface area contributed by atoms with Crippen LogP contribution in [-0.2, 0) is 4.79 Å². The summed E-state index contributed by atoms with van der Waals surface area (Å²) in [6.45, 7) is 0. The standard InChI is InChI=1S/C23H15Br2ClN2O2S/c1-30-22-13(10-14(24)11-17(22)25)6-9-21(29)27-15-7-8-18(26)16(12-15)23-28-19-4-2-3-5-20(19)31-23/h2-12H,1H3,(H,27,29)/b9-6+. The smallest absolute Gasteiger partial charge is 0.248 e. The van der Waals surface area contributed by atoms with Gasteiger partial charge < -0.3 is 10.1 Å². The van der Waals surface area contributed by atoms with Crippen molar-refractivity contribution in [2.75, 3.05) is 12.4 Å². The normalized spacial score (nSPS) is 11.2. The molecule has 8 heteroatoms. The van der Waals surface area contributed by atoms with Gasteiger partial charge in [0.15, 0.2) is 0 Å². The number of thiazole rings is 1. The fraction of sp³-hybridized carbons (Fsp3) is 0.0435. The molecule has 0 unspecified atom stereocenters. The highest BCUT2D eigenvalue weighted by molar-refractivity contribution is 9.11. The molecular weight excluding hydrogens is 564 g/mol. The van der Waals surface area contributed by atoms with E-state index in [9.17, 15) is 4.79 Å². The summed E-state index contributed by atoms with van der Waals surface area (Å²) in [7, 11) is 1.59. The van der Waals surface area contributed by atoms with Gasteiger partial charge in [0.1, 0.15) is 10.8 Å². The van der Waals surface area contributed by atoms with Crippen LogP contribution in [0.5, 0.6) is 5.75 Å². The molecule has 0 radical (unpaired) electrons. The lowest BCUT2D eigenvalue weighted by Gasteiger charge is -2.09. The number of aromatic nitrogens is 1. The number of hydrogen-bond acceptors (Lipinski definition) is 4. The fourth-order valence-electron chi connectivity index (χ4n) is 3.02. The monoisotopic (exact) mass is 576 g/mol. The van der Waals surface area contributed by atoms with Crippen LogP contribution in [0.15, 0.2) is 69.6 Å². The predicted molar refractivity (Wildman–Crippen MR) is 136 cm³/mol. The average Bonchev–Trinajstić information content (AvgIpc) is 3.17. The number of hydrogen-bond donors (Lipinski definition) is 1. The molecule has 0 saturated heterocycles. The Balaban J connectivity index is 1.57. The van der Waals surface area contributed by atoms with Crippen molar-refractivity contribution in [1.82, 2.24) is 4.98 Å². The van der Waals surface area contributed by atoms with E-state index in [1.807, 2.05) is 42.5 Å². The maximum Gasteiger partial charge on any atom is 0.248 e. The van der Waals surface area contributed by atoms with Crippen molar-refractivity contribution in [3.05, 3.63) is 80.2 Å². The van der Waals surface area contributed by atoms with Gasteiger partial charge in [-0.2, -0.15) is 0 Å². The minimum Gasteiger partial charge on any atom is -0.495 e. The van der Waals surface area contributed by atoms with E-state index >= 15 is 0 Å². The summed E-state index contributed by atoms with van der Waals surface area (Å²) in [6.07, 6.45) is 3.16. The van der Waals surface area contributed by atoms with Gasteiger partial charge in [-0.25, -0.2) is 4.98 Å². The van der Waals surface area contributed by atoms with Crippen molar-refractivity contribution in [2.24, 2.45) is 0 Å². The van der Waals surface area contributed by atoms with Gasteiger partial charge in [-0.05, 0) is 64.5 Å². The molecule has 0 aliphatic rings. The Labute approximate surface area is 205 Å². The van der Waals surface area contributed by atoms with Gasteiger partial charge in [-0.3, -0.25) is 4.79 Å². The molecule has 3 aromatic carbocycles. The molecule has 0 spiro atoms. The van der Waals surface area contributed by atoms with Crippen molar-refractivity contribution < 1.29 is 9.53 Å². The Morgan fingerprint density at radius 2 is 1.97 bits per heavy atom. The molecule has 4 nitrogen and oxygen atoms in total. The van der Waals surface area contributed by atoms with Crippen molar-refractivity contribution in [1.29, 1.82) is 0 Å². The number of ether oxygens (including phenoxy) is 1. The molecule has 0 saturated carbocycles. The van der Waals surface area contributed by atoms with Crippen LogP contribution in [0.3, 0.4) is 0 Å². The first-order chi connectivity index (χ1) is 14.9. The highest BCUT2D eigenvalue weighted by atomic mass is 79.9. The van der Waals surface area contributed by atoms with E-state index in [0.29, 0.717) is 16.5 Å². The molecule has 0 aliphatic carbocycles. The lowest BCUT2D eigenvalue weighted by atomic mass is 10.2. The number of amides is 1. The summed E-state index contributed by atoms with van der Waals surface area (Å²) in [5.74, 6) is 0.382. The SMILES string of the molecule is COc1c(Br)cc(Br)cc1/C=C/C(=O)Nc1ccc(Cl)c(-c2nc3ccccc3s2)c1. The molecule has 4 aromatic rings. The Morgan fingerprint density at radius 1 is 1.16 bits per heavy atom. The topological polar surface area (TPSA) is 51.2 Å². The first-order valence-electron chi connectivity index (χ1n) is 9.12. The summed E-state index contributed by atoms with van der Waals surface area (Å²) >= 11 is 14.9. The maximum absolute atomic E-state index is 12.5. The first kappa shape index (κ1) is 22.0. The van der Waals surface area contributed by atoms with E-state index < -0.39 is 0 Å². The number of para-hydroxylation sites is 1. The van der Waals surface area contributed by atoms with Crippen LogP contribution in [0.25, 0.3) is 26.9 Å².